The molecule has 0 saturated heterocycles. The van der Waals surface area contributed by atoms with Gasteiger partial charge in [0.1, 0.15) is 0 Å². The lowest BCUT2D eigenvalue weighted by Gasteiger charge is -2.29. The van der Waals surface area contributed by atoms with E-state index in [-0.39, 0.29) is 11.8 Å². The Morgan fingerprint density at radius 2 is 1.86 bits per heavy atom. The minimum absolute atomic E-state index is 0.00815. The number of benzene rings is 2. The first-order chi connectivity index (χ1) is 10.1. The largest absolute Gasteiger partial charge is 0.384 e. The quantitative estimate of drug-likeness (QED) is 0.916. The maximum atomic E-state index is 12.7. The van der Waals surface area contributed by atoms with E-state index in [2.05, 4.69) is 17.4 Å². The number of anilines is 2. The van der Waals surface area contributed by atoms with Crippen LogP contribution in [0.1, 0.15) is 11.1 Å². The van der Waals surface area contributed by atoms with Crippen molar-refractivity contribution in [1.82, 2.24) is 0 Å². The van der Waals surface area contributed by atoms with Gasteiger partial charge >= 0.3 is 0 Å². The summed E-state index contributed by atoms with van der Waals surface area (Å²) in [6.07, 6.45) is 0.804. The summed E-state index contributed by atoms with van der Waals surface area (Å²) in [7, 11) is 1.85. The van der Waals surface area contributed by atoms with Gasteiger partial charge in [-0.25, -0.2) is 0 Å². The van der Waals surface area contributed by atoms with Gasteiger partial charge in [-0.2, -0.15) is 0 Å². The molecule has 1 aliphatic heterocycles. The summed E-state index contributed by atoms with van der Waals surface area (Å²) in [6, 6.07) is 16.3. The molecule has 0 bridgehead atoms. The zero-order valence-corrected chi connectivity index (χ0v) is 12.5. The molecular formula is C18H20N2O. The monoisotopic (exact) mass is 280 g/mol. The number of carbonyl (C=O) groups is 1. The lowest BCUT2D eigenvalue weighted by atomic mass is 9.93. The minimum atomic E-state index is -0.00815. The van der Waals surface area contributed by atoms with Gasteiger partial charge in [0.2, 0.25) is 5.91 Å². The zero-order chi connectivity index (χ0) is 14.8. The molecule has 0 aliphatic carbocycles. The average Bonchev–Trinajstić information content (AvgIpc) is 2.54. The summed E-state index contributed by atoms with van der Waals surface area (Å²) >= 11 is 0. The van der Waals surface area contributed by atoms with Gasteiger partial charge in [-0.1, -0.05) is 35.9 Å². The van der Waals surface area contributed by atoms with Gasteiger partial charge in [0.15, 0.2) is 0 Å². The molecule has 1 N–H and O–H groups in total. The molecule has 21 heavy (non-hydrogen) atoms. The van der Waals surface area contributed by atoms with E-state index in [0.29, 0.717) is 6.54 Å². The summed E-state index contributed by atoms with van der Waals surface area (Å²) in [5.41, 5.74) is 4.52. The molecule has 0 saturated carbocycles. The zero-order valence-electron chi connectivity index (χ0n) is 12.5. The van der Waals surface area contributed by atoms with Gasteiger partial charge in [0.05, 0.1) is 5.92 Å². The third kappa shape index (κ3) is 2.77. The molecule has 108 valence electrons. The second kappa shape index (κ2) is 5.60. The predicted molar refractivity (Wildman–Crippen MR) is 86.7 cm³/mol. The smallest absolute Gasteiger partial charge is 0.231 e. The third-order valence-corrected chi connectivity index (χ3v) is 4.12. The van der Waals surface area contributed by atoms with Crippen LogP contribution in [-0.4, -0.2) is 19.5 Å². The van der Waals surface area contributed by atoms with Crippen LogP contribution in [0.15, 0.2) is 48.5 Å². The highest BCUT2D eigenvalue weighted by Crippen LogP contribution is 2.26. The Hall–Kier alpha value is -2.29. The van der Waals surface area contributed by atoms with Crippen LogP contribution >= 0.6 is 0 Å². The van der Waals surface area contributed by atoms with E-state index < -0.39 is 0 Å². The summed E-state index contributed by atoms with van der Waals surface area (Å²) in [5, 5.41) is 3.36. The number of aryl methyl sites for hydroxylation is 1. The van der Waals surface area contributed by atoms with E-state index in [0.717, 1.165) is 17.8 Å². The number of fused-ring (bicyclic) bond motifs is 1. The first kappa shape index (κ1) is 13.7. The number of carbonyl (C=O) groups excluding carboxylic acids is 1. The van der Waals surface area contributed by atoms with Crippen LogP contribution < -0.4 is 10.2 Å². The summed E-state index contributed by atoms with van der Waals surface area (Å²) in [4.78, 5) is 14.4. The van der Waals surface area contributed by atoms with Crippen molar-refractivity contribution in [1.29, 1.82) is 0 Å². The van der Waals surface area contributed by atoms with E-state index in [4.69, 9.17) is 0 Å². The topological polar surface area (TPSA) is 32.3 Å². The Labute approximate surface area is 125 Å². The number of nitrogens with one attached hydrogen (secondary N) is 1. The summed E-state index contributed by atoms with van der Waals surface area (Å²) in [5.74, 6) is 0.159. The van der Waals surface area contributed by atoms with Gasteiger partial charge in [-0.15, -0.1) is 0 Å². The maximum Gasteiger partial charge on any atom is 0.231 e. The first-order valence-corrected chi connectivity index (χ1v) is 7.31. The molecule has 1 unspecified atom stereocenters. The van der Waals surface area contributed by atoms with Crippen molar-refractivity contribution >= 4 is 17.3 Å². The van der Waals surface area contributed by atoms with Crippen LogP contribution in [0.5, 0.6) is 0 Å². The Bertz CT molecular complexity index is 649. The summed E-state index contributed by atoms with van der Waals surface area (Å²) in [6.45, 7) is 2.75. The fraction of sp³-hybridized carbons (Fsp3) is 0.278. The van der Waals surface area contributed by atoms with Crippen LogP contribution in [0, 0.1) is 12.8 Å². The van der Waals surface area contributed by atoms with E-state index in [1.165, 1.54) is 11.1 Å². The molecule has 3 nitrogen and oxygen atoms in total. The minimum Gasteiger partial charge on any atom is -0.384 e. The van der Waals surface area contributed by atoms with Crippen molar-refractivity contribution < 1.29 is 4.79 Å². The van der Waals surface area contributed by atoms with Crippen molar-refractivity contribution in [3.63, 3.8) is 0 Å². The second-order valence-corrected chi connectivity index (χ2v) is 5.67. The van der Waals surface area contributed by atoms with Crippen LogP contribution in [-0.2, 0) is 11.2 Å². The Kier molecular flexibility index (Phi) is 3.65. The van der Waals surface area contributed by atoms with Crippen molar-refractivity contribution in [2.45, 2.75) is 13.3 Å². The van der Waals surface area contributed by atoms with Gasteiger partial charge < -0.3 is 10.2 Å². The second-order valence-electron chi connectivity index (χ2n) is 5.67. The van der Waals surface area contributed by atoms with Gasteiger partial charge in [-0.05, 0) is 37.1 Å². The lowest BCUT2D eigenvalue weighted by molar-refractivity contribution is -0.121. The number of amides is 1. The number of hydrogen-bond donors (Lipinski definition) is 1. The standard InChI is InChI=1S/C18H20N2O/c1-13-7-9-16(10-8-13)20(2)18(21)15-11-14-5-3-4-6-17(14)19-12-15/h3-10,15,19H,11-12H2,1-2H3. The van der Waals surface area contributed by atoms with Crippen molar-refractivity contribution in [3.05, 3.63) is 59.7 Å². The van der Waals surface area contributed by atoms with Crippen molar-refractivity contribution in [3.8, 4) is 0 Å². The molecule has 3 heteroatoms. The van der Waals surface area contributed by atoms with Crippen molar-refractivity contribution in [2.75, 3.05) is 23.8 Å². The Balaban J connectivity index is 1.75. The van der Waals surface area contributed by atoms with Crippen LogP contribution in [0.3, 0.4) is 0 Å². The molecule has 1 aliphatic rings. The van der Waals surface area contributed by atoms with Crippen molar-refractivity contribution in [2.24, 2.45) is 5.92 Å². The third-order valence-electron chi connectivity index (χ3n) is 4.12. The molecular weight excluding hydrogens is 260 g/mol. The lowest BCUT2D eigenvalue weighted by Crippen LogP contribution is -2.39. The highest BCUT2D eigenvalue weighted by atomic mass is 16.2. The van der Waals surface area contributed by atoms with Crippen LogP contribution in [0.2, 0.25) is 0 Å². The normalized spacial score (nSPS) is 16.8. The molecule has 1 amide bonds. The molecule has 2 aromatic carbocycles. The number of para-hydroxylation sites is 1. The molecule has 2 aromatic rings. The van der Waals surface area contributed by atoms with Crippen LogP contribution in [0.4, 0.5) is 11.4 Å². The molecule has 1 atom stereocenters. The van der Waals surface area contributed by atoms with E-state index >= 15 is 0 Å². The average molecular weight is 280 g/mol. The van der Waals surface area contributed by atoms with Gasteiger partial charge in [0.25, 0.3) is 0 Å². The Morgan fingerprint density at radius 3 is 2.62 bits per heavy atom. The fourth-order valence-corrected chi connectivity index (χ4v) is 2.79. The predicted octanol–water partition coefficient (Wildman–Crippen LogP) is 3.24. The Morgan fingerprint density at radius 1 is 1.14 bits per heavy atom. The maximum absolute atomic E-state index is 12.7. The number of hydrogen-bond acceptors (Lipinski definition) is 2. The SMILES string of the molecule is Cc1ccc(N(C)C(=O)C2CNc3ccccc3C2)cc1. The van der Waals surface area contributed by atoms with Gasteiger partial charge in [-0.3, -0.25) is 4.79 Å². The first-order valence-electron chi connectivity index (χ1n) is 7.31. The number of rotatable bonds is 2. The highest BCUT2D eigenvalue weighted by molar-refractivity contribution is 5.95. The van der Waals surface area contributed by atoms with Gasteiger partial charge in [0, 0.05) is 25.0 Å². The molecule has 0 spiro atoms. The van der Waals surface area contributed by atoms with E-state index in [9.17, 15) is 4.79 Å². The molecule has 1 heterocycles. The van der Waals surface area contributed by atoms with Crippen LogP contribution in [0.25, 0.3) is 0 Å². The van der Waals surface area contributed by atoms with E-state index in [1.54, 1.807) is 4.90 Å². The molecule has 3 rings (SSSR count). The highest BCUT2D eigenvalue weighted by Gasteiger charge is 2.27. The molecule has 0 aromatic heterocycles. The van der Waals surface area contributed by atoms with E-state index in [1.807, 2.05) is 50.4 Å². The number of nitrogens with zero attached hydrogens (tertiary/aromatic N) is 1. The molecule has 0 radical (unpaired) electrons. The fourth-order valence-electron chi connectivity index (χ4n) is 2.79. The molecule has 0 fully saturated rings. The summed E-state index contributed by atoms with van der Waals surface area (Å²) < 4.78 is 0.